The number of benzene rings is 2. The molecule has 1 atom stereocenters. The van der Waals surface area contributed by atoms with Gasteiger partial charge in [0.2, 0.25) is 0 Å². The van der Waals surface area contributed by atoms with E-state index >= 15 is 0 Å². The van der Waals surface area contributed by atoms with Gasteiger partial charge in [0.25, 0.3) is 0 Å². The molecule has 4 nitrogen and oxygen atoms in total. The Kier molecular flexibility index (Phi) is 2.82. The first-order chi connectivity index (χ1) is 18.2. The van der Waals surface area contributed by atoms with Crippen molar-refractivity contribution in [1.82, 2.24) is 4.90 Å². The number of likely N-dealkylation sites (tertiary alicyclic amines) is 1. The normalized spacial score (nSPS) is 38.0. The van der Waals surface area contributed by atoms with Crippen LogP contribution in [0.15, 0.2) is 42.5 Å². The molecule has 4 heteroatoms. The first-order valence-electron chi connectivity index (χ1n) is 14.8. The largest absolute Gasteiger partial charge is 0.493 e. The molecule has 0 aromatic heterocycles. The minimum atomic E-state index is -3.94. The Morgan fingerprint density at radius 2 is 1.82 bits per heavy atom. The molecule has 1 fully saturated rings. The minimum Gasteiger partial charge on any atom is -0.493 e. The zero-order valence-electron chi connectivity index (χ0n) is 27.6. The second-order valence-electron chi connectivity index (χ2n) is 6.39. The van der Waals surface area contributed by atoms with Crippen LogP contribution in [-0.4, -0.2) is 37.9 Å². The van der Waals surface area contributed by atoms with Crippen molar-refractivity contribution in [3.05, 3.63) is 59.2 Å². The maximum atomic E-state index is 13.6. The third-order valence-corrected chi connectivity index (χ3v) is 4.59. The van der Waals surface area contributed by atoms with Crippen LogP contribution in [0, 0.1) is 11.8 Å². The summed E-state index contributed by atoms with van der Waals surface area (Å²) in [6, 6.07) is 10.4. The van der Waals surface area contributed by atoms with Crippen LogP contribution in [0.1, 0.15) is 57.1 Å². The smallest absolute Gasteiger partial charge is 0.166 e. The number of hydrogen-bond donors (Lipinski definition) is 0. The zero-order chi connectivity index (χ0) is 30.3. The van der Waals surface area contributed by atoms with Gasteiger partial charge in [0.15, 0.2) is 17.3 Å². The molecule has 0 N–H and O–H groups in total. The average Bonchev–Trinajstić information content (AvgIpc) is 3.15. The lowest BCUT2D eigenvalue weighted by Crippen LogP contribution is -2.34. The molecule has 2 aromatic carbocycles. The monoisotopic (exact) mass is 391 g/mol. The standard InChI is InChI=1S/C24H29NO3/c1-27-22-14-19-13-20(24(26)21(19)15-23(22)28-2)12-17-8-10-25(11-9-17)16-18-6-4-3-5-7-18/h3-7,14-15,17,20H,8-13,16H2,1-2H3/i8D2,9D2,10D2,11D2,12D2,17D,20D. The number of rotatable bonds is 6. The van der Waals surface area contributed by atoms with Crippen LogP contribution >= 0.6 is 0 Å². The number of ketones is 1. The number of nitrogens with zero attached hydrogens (tertiary/aromatic N) is 1. The van der Waals surface area contributed by atoms with E-state index in [-0.39, 0.29) is 22.6 Å². The van der Waals surface area contributed by atoms with E-state index in [0.717, 1.165) is 0 Å². The lowest BCUT2D eigenvalue weighted by atomic mass is 9.85. The molecule has 0 bridgehead atoms. The van der Waals surface area contributed by atoms with Crippen molar-refractivity contribution >= 4 is 5.78 Å². The number of ether oxygens (including phenoxy) is 2. The summed E-state index contributed by atoms with van der Waals surface area (Å²) in [7, 11) is 2.62. The van der Waals surface area contributed by atoms with Gasteiger partial charge in [0.05, 0.1) is 14.2 Å². The average molecular weight is 392 g/mol. The van der Waals surface area contributed by atoms with E-state index in [1.54, 1.807) is 18.2 Å². The van der Waals surface area contributed by atoms with E-state index in [2.05, 4.69) is 0 Å². The highest BCUT2D eigenvalue weighted by Gasteiger charge is 2.34. The molecule has 1 aliphatic heterocycles. The Morgan fingerprint density at radius 1 is 1.14 bits per heavy atom. The number of carbonyl (C=O) groups is 1. The van der Waals surface area contributed by atoms with Gasteiger partial charge in [-0.1, -0.05) is 30.3 Å². The van der Waals surface area contributed by atoms with Crippen molar-refractivity contribution in [3.8, 4) is 11.5 Å². The molecule has 0 radical (unpaired) electrons. The highest BCUT2D eigenvalue weighted by atomic mass is 16.5. The lowest BCUT2D eigenvalue weighted by Gasteiger charge is -2.32. The van der Waals surface area contributed by atoms with Crippen LogP contribution in [-0.2, 0) is 13.0 Å². The zero-order valence-corrected chi connectivity index (χ0v) is 15.6. The number of hydrogen-bond acceptors (Lipinski definition) is 4. The van der Waals surface area contributed by atoms with Crippen LogP contribution in [0.25, 0.3) is 0 Å². The van der Waals surface area contributed by atoms with Gasteiger partial charge >= 0.3 is 0 Å². The fourth-order valence-electron chi connectivity index (χ4n) is 3.18. The summed E-state index contributed by atoms with van der Waals surface area (Å²) >= 11 is 0. The van der Waals surface area contributed by atoms with Crippen LogP contribution in [0.3, 0.4) is 0 Å². The molecule has 0 spiro atoms. The van der Waals surface area contributed by atoms with E-state index in [1.165, 1.54) is 38.5 Å². The van der Waals surface area contributed by atoms with Crippen LogP contribution in [0.2, 0.25) is 0 Å². The molecule has 0 amide bonds. The second-order valence-corrected chi connectivity index (χ2v) is 6.39. The van der Waals surface area contributed by atoms with Crippen molar-refractivity contribution in [2.75, 3.05) is 27.2 Å². The van der Waals surface area contributed by atoms with Crippen molar-refractivity contribution in [3.63, 3.8) is 0 Å². The van der Waals surface area contributed by atoms with Gasteiger partial charge in [-0.25, -0.2) is 0 Å². The first kappa shape index (κ1) is 9.45. The Hall–Kier alpha value is -2.33. The molecule has 2 aromatic rings. The number of piperidine rings is 1. The molecule has 148 valence electrons. The van der Waals surface area contributed by atoms with Gasteiger partial charge in [-0.2, -0.15) is 0 Å². The van der Waals surface area contributed by atoms with Crippen molar-refractivity contribution in [1.29, 1.82) is 0 Å². The molecule has 1 unspecified atom stereocenters. The van der Waals surface area contributed by atoms with Crippen molar-refractivity contribution in [2.24, 2.45) is 11.8 Å². The third-order valence-electron chi connectivity index (χ3n) is 4.59. The van der Waals surface area contributed by atoms with E-state index in [9.17, 15) is 4.79 Å². The molecule has 2 aliphatic rings. The van der Waals surface area contributed by atoms with Gasteiger partial charge in [0.1, 0.15) is 0 Å². The summed E-state index contributed by atoms with van der Waals surface area (Å²) in [5, 5.41) is 0. The van der Waals surface area contributed by atoms with Crippen LogP contribution in [0.5, 0.6) is 11.5 Å². The molecular formula is C24H29NO3. The molecule has 1 heterocycles. The third kappa shape index (κ3) is 3.93. The summed E-state index contributed by atoms with van der Waals surface area (Å²) in [5.41, 5.74) is 0.260. The number of carbonyl (C=O) groups excluding carboxylic acids is 1. The highest BCUT2D eigenvalue weighted by Crippen LogP contribution is 2.39. The van der Waals surface area contributed by atoms with Gasteiger partial charge in [-0.3, -0.25) is 9.69 Å². The molecule has 1 saturated heterocycles. The topological polar surface area (TPSA) is 38.8 Å². The maximum Gasteiger partial charge on any atom is 0.166 e. The van der Waals surface area contributed by atoms with E-state index < -0.39 is 62.6 Å². The summed E-state index contributed by atoms with van der Waals surface area (Å²) in [6.07, 6.45) is -12.1. The Bertz CT molecular complexity index is 1310. The quantitative estimate of drug-likeness (QED) is 0.733. The predicted octanol–water partition coefficient (Wildman–Crippen LogP) is 4.36. The SMILES string of the molecule is [2H]C1(C([2H])([2H])C2([2H])C([2H])([2H])C([2H])([2H])N(Cc3ccccc3)C([2H])([2H])C2([2H])[2H])Cc2cc(OC)c(OC)cc2C1=O. The van der Waals surface area contributed by atoms with E-state index in [0.29, 0.717) is 10.5 Å². The molecule has 0 saturated carbocycles. The van der Waals surface area contributed by atoms with E-state index in [1.807, 2.05) is 0 Å². The summed E-state index contributed by atoms with van der Waals surface area (Å²) in [5.74, 6) is -7.91. The number of Topliss-reactive ketones (excluding diaryl/α,β-unsaturated/α-hetero) is 1. The molecule has 1 aliphatic carbocycles. The Balaban J connectivity index is 1.90. The predicted molar refractivity (Wildman–Crippen MR) is 110 cm³/mol. The van der Waals surface area contributed by atoms with Crippen LogP contribution < -0.4 is 9.47 Å². The lowest BCUT2D eigenvalue weighted by molar-refractivity contribution is 0.0895. The first-order valence-corrected chi connectivity index (χ1v) is 8.82. The van der Waals surface area contributed by atoms with Gasteiger partial charge in [-0.05, 0) is 67.7 Å². The van der Waals surface area contributed by atoms with Gasteiger partial charge in [-0.15, -0.1) is 0 Å². The van der Waals surface area contributed by atoms with Crippen molar-refractivity contribution < 1.29 is 30.7 Å². The fraction of sp³-hybridized carbons (Fsp3) is 0.458. The van der Waals surface area contributed by atoms with Gasteiger partial charge < -0.3 is 9.47 Å². The summed E-state index contributed by atoms with van der Waals surface area (Å²) in [6.45, 7) is -7.54. The number of fused-ring (bicyclic) bond motifs is 1. The van der Waals surface area contributed by atoms with Gasteiger partial charge in [0, 0.05) is 34.5 Å². The fourth-order valence-corrected chi connectivity index (χ4v) is 3.18. The molecular weight excluding hydrogens is 350 g/mol. The molecule has 28 heavy (non-hydrogen) atoms. The van der Waals surface area contributed by atoms with E-state index in [4.69, 9.17) is 25.9 Å². The van der Waals surface area contributed by atoms with Crippen molar-refractivity contribution in [2.45, 2.75) is 32.1 Å². The number of methoxy groups -OCH3 is 2. The highest BCUT2D eigenvalue weighted by molar-refractivity contribution is 6.02. The second kappa shape index (κ2) is 8.36. The Labute approximate surface area is 184 Å². The molecule has 4 rings (SSSR count). The Morgan fingerprint density at radius 3 is 2.50 bits per heavy atom. The van der Waals surface area contributed by atoms with Crippen LogP contribution in [0.4, 0.5) is 0 Å². The minimum absolute atomic E-state index is 0.0903. The maximum absolute atomic E-state index is 13.6. The summed E-state index contributed by atoms with van der Waals surface area (Å²) < 4.78 is 116. The summed E-state index contributed by atoms with van der Waals surface area (Å²) in [4.78, 5) is 13.9.